The van der Waals surface area contributed by atoms with E-state index in [1.54, 1.807) is 11.8 Å². The van der Waals surface area contributed by atoms with E-state index in [-0.39, 0.29) is 24.9 Å². The van der Waals surface area contributed by atoms with Crippen molar-refractivity contribution >= 4 is 17.8 Å². The van der Waals surface area contributed by atoms with Gasteiger partial charge in [0.15, 0.2) is 0 Å². The number of nitrogens with one attached hydrogen (secondary N) is 1. The average molecular weight is 324 g/mol. The lowest BCUT2D eigenvalue weighted by Gasteiger charge is -2.35. The van der Waals surface area contributed by atoms with Gasteiger partial charge in [0.2, 0.25) is 5.91 Å². The van der Waals surface area contributed by atoms with Gasteiger partial charge in [0.1, 0.15) is 6.54 Å². The Morgan fingerprint density at radius 2 is 2.26 bits per heavy atom. The van der Waals surface area contributed by atoms with Crippen LogP contribution in [0.4, 0.5) is 0 Å². The molecule has 0 aliphatic carbocycles. The lowest BCUT2D eigenvalue weighted by molar-refractivity contribution is -0.145. The number of nitrogens with zero attached hydrogens (tertiary/aromatic N) is 3. The monoisotopic (exact) mass is 324 g/mol. The van der Waals surface area contributed by atoms with Crippen molar-refractivity contribution in [3.05, 3.63) is 17.5 Å². The van der Waals surface area contributed by atoms with Gasteiger partial charge in [-0.05, 0) is 6.92 Å². The van der Waals surface area contributed by atoms with E-state index in [0.29, 0.717) is 31.0 Å². The first-order valence-corrected chi connectivity index (χ1v) is 7.26. The highest BCUT2D eigenvalue weighted by Crippen LogP contribution is 2.13. The number of aryl methyl sites for hydroxylation is 1. The Kier molecular flexibility index (Phi) is 5.32. The van der Waals surface area contributed by atoms with Gasteiger partial charge in [0.05, 0.1) is 24.5 Å². The summed E-state index contributed by atoms with van der Waals surface area (Å²) in [5.74, 6) is -1.58. The molecule has 0 bridgehead atoms. The lowest BCUT2D eigenvalue weighted by atomic mass is 10.2. The molecular formula is C14H20N4O5. The topological polar surface area (TPSA) is 116 Å². The molecule has 1 fully saturated rings. The number of amides is 2. The molecule has 1 unspecified atom stereocenters. The summed E-state index contributed by atoms with van der Waals surface area (Å²) < 4.78 is 5.56. The van der Waals surface area contributed by atoms with Gasteiger partial charge >= 0.3 is 5.97 Å². The molecule has 1 aromatic rings. The number of aliphatic carboxylic acids is 1. The molecule has 126 valence electrons. The standard InChI is InChI=1S/C14H20N4O5/c1-9-12(5-15-16-9)14(22)17-3-4-23-11(6-17)7-18(10(2)19)8-13(20)21/h5,11H,3-4,6-8H2,1-2H3,(H,15,16)(H,20,21). The van der Waals surface area contributed by atoms with E-state index >= 15 is 0 Å². The van der Waals surface area contributed by atoms with E-state index in [1.165, 1.54) is 18.0 Å². The number of ether oxygens (including phenoxy) is 1. The van der Waals surface area contributed by atoms with Gasteiger partial charge in [0.25, 0.3) is 5.91 Å². The van der Waals surface area contributed by atoms with Gasteiger partial charge in [-0.2, -0.15) is 5.10 Å². The normalized spacial score (nSPS) is 17.8. The molecule has 9 nitrogen and oxygen atoms in total. The average Bonchev–Trinajstić information content (AvgIpc) is 2.91. The Morgan fingerprint density at radius 3 is 2.83 bits per heavy atom. The van der Waals surface area contributed by atoms with Crippen molar-refractivity contribution in [2.75, 3.05) is 32.8 Å². The highest BCUT2D eigenvalue weighted by atomic mass is 16.5. The van der Waals surface area contributed by atoms with E-state index in [1.807, 2.05) is 0 Å². The number of carbonyl (C=O) groups excluding carboxylic acids is 2. The quantitative estimate of drug-likeness (QED) is 0.754. The van der Waals surface area contributed by atoms with Crippen LogP contribution < -0.4 is 0 Å². The van der Waals surface area contributed by atoms with Crippen molar-refractivity contribution in [1.29, 1.82) is 0 Å². The molecule has 1 saturated heterocycles. The molecule has 0 spiro atoms. The van der Waals surface area contributed by atoms with Crippen LogP contribution in [0.15, 0.2) is 6.20 Å². The SMILES string of the molecule is CC(=O)N(CC(=O)O)CC1CN(C(=O)c2cn[nH]c2C)CCO1. The van der Waals surface area contributed by atoms with Crippen LogP contribution in [0.2, 0.25) is 0 Å². The number of rotatable bonds is 5. The zero-order chi connectivity index (χ0) is 17.0. The number of hydrogen-bond donors (Lipinski definition) is 2. The van der Waals surface area contributed by atoms with E-state index in [2.05, 4.69) is 10.2 Å². The summed E-state index contributed by atoms with van der Waals surface area (Å²) in [6.45, 7) is 3.91. The zero-order valence-corrected chi connectivity index (χ0v) is 13.1. The largest absolute Gasteiger partial charge is 0.480 e. The number of carboxylic acid groups (broad SMARTS) is 1. The maximum absolute atomic E-state index is 12.5. The molecule has 0 aromatic carbocycles. The number of H-pyrrole nitrogens is 1. The van der Waals surface area contributed by atoms with Crippen molar-refractivity contribution < 1.29 is 24.2 Å². The molecule has 2 heterocycles. The number of morpholine rings is 1. The second-order valence-corrected chi connectivity index (χ2v) is 5.45. The summed E-state index contributed by atoms with van der Waals surface area (Å²) in [5, 5.41) is 15.4. The number of aromatic nitrogens is 2. The molecule has 2 N–H and O–H groups in total. The Bertz CT molecular complexity index is 600. The summed E-state index contributed by atoms with van der Waals surface area (Å²) in [6.07, 6.45) is 1.07. The third-order valence-corrected chi connectivity index (χ3v) is 3.68. The van der Waals surface area contributed by atoms with Crippen molar-refractivity contribution in [1.82, 2.24) is 20.0 Å². The molecule has 23 heavy (non-hydrogen) atoms. The maximum atomic E-state index is 12.5. The van der Waals surface area contributed by atoms with Crippen LogP contribution in [-0.4, -0.2) is 81.8 Å². The third-order valence-electron chi connectivity index (χ3n) is 3.68. The number of aromatic amines is 1. The predicted octanol–water partition coefficient (Wildman–Crippen LogP) is -0.508. The fraction of sp³-hybridized carbons (Fsp3) is 0.571. The van der Waals surface area contributed by atoms with Crippen molar-refractivity contribution in [2.24, 2.45) is 0 Å². The minimum absolute atomic E-state index is 0.135. The third kappa shape index (κ3) is 4.28. The molecule has 0 radical (unpaired) electrons. The summed E-state index contributed by atoms with van der Waals surface area (Å²) in [6, 6.07) is 0. The van der Waals surface area contributed by atoms with Crippen LogP contribution in [0.25, 0.3) is 0 Å². The molecule has 1 aromatic heterocycles. The second kappa shape index (κ2) is 7.23. The summed E-state index contributed by atoms with van der Waals surface area (Å²) in [7, 11) is 0. The van der Waals surface area contributed by atoms with Crippen LogP contribution in [0.3, 0.4) is 0 Å². The van der Waals surface area contributed by atoms with Gasteiger partial charge in [-0.15, -0.1) is 0 Å². The van der Waals surface area contributed by atoms with Gasteiger partial charge in [-0.1, -0.05) is 0 Å². The van der Waals surface area contributed by atoms with E-state index in [9.17, 15) is 14.4 Å². The number of carboxylic acids is 1. The van der Waals surface area contributed by atoms with Gasteiger partial charge in [0, 0.05) is 32.3 Å². The number of hydrogen-bond acceptors (Lipinski definition) is 5. The Morgan fingerprint density at radius 1 is 1.52 bits per heavy atom. The first-order chi connectivity index (χ1) is 10.9. The Balaban J connectivity index is 2.00. The van der Waals surface area contributed by atoms with Gasteiger partial charge in [-0.3, -0.25) is 19.5 Å². The summed E-state index contributed by atoms with van der Waals surface area (Å²) in [5.41, 5.74) is 1.19. The molecular weight excluding hydrogens is 304 g/mol. The van der Waals surface area contributed by atoms with Gasteiger partial charge < -0.3 is 19.6 Å². The van der Waals surface area contributed by atoms with E-state index < -0.39 is 12.1 Å². The molecule has 9 heteroatoms. The minimum Gasteiger partial charge on any atom is -0.480 e. The molecule has 0 saturated carbocycles. The van der Waals surface area contributed by atoms with Crippen LogP contribution in [-0.2, 0) is 14.3 Å². The predicted molar refractivity (Wildman–Crippen MR) is 78.9 cm³/mol. The Hall–Kier alpha value is -2.42. The van der Waals surface area contributed by atoms with Crippen LogP contribution in [0.5, 0.6) is 0 Å². The van der Waals surface area contributed by atoms with Crippen molar-refractivity contribution in [3.8, 4) is 0 Å². The first kappa shape index (κ1) is 16.9. The summed E-state index contributed by atoms with van der Waals surface area (Å²) >= 11 is 0. The first-order valence-electron chi connectivity index (χ1n) is 7.26. The second-order valence-electron chi connectivity index (χ2n) is 5.45. The molecule has 1 atom stereocenters. The molecule has 1 aliphatic heterocycles. The number of carbonyl (C=O) groups is 3. The fourth-order valence-corrected chi connectivity index (χ4v) is 2.46. The fourth-order valence-electron chi connectivity index (χ4n) is 2.46. The van der Waals surface area contributed by atoms with Crippen LogP contribution >= 0.6 is 0 Å². The molecule has 2 amide bonds. The van der Waals surface area contributed by atoms with Crippen LogP contribution in [0, 0.1) is 6.92 Å². The maximum Gasteiger partial charge on any atom is 0.323 e. The summed E-state index contributed by atoms with van der Waals surface area (Å²) in [4.78, 5) is 37.6. The van der Waals surface area contributed by atoms with Crippen molar-refractivity contribution in [3.63, 3.8) is 0 Å². The van der Waals surface area contributed by atoms with Gasteiger partial charge in [-0.25, -0.2) is 0 Å². The zero-order valence-electron chi connectivity index (χ0n) is 13.1. The Labute approximate surface area is 133 Å². The van der Waals surface area contributed by atoms with E-state index in [4.69, 9.17) is 9.84 Å². The van der Waals surface area contributed by atoms with Crippen molar-refractivity contribution in [2.45, 2.75) is 20.0 Å². The smallest absolute Gasteiger partial charge is 0.323 e. The highest BCUT2D eigenvalue weighted by molar-refractivity contribution is 5.95. The lowest BCUT2D eigenvalue weighted by Crippen LogP contribution is -2.51. The van der Waals surface area contributed by atoms with Crippen LogP contribution in [0.1, 0.15) is 23.0 Å². The highest BCUT2D eigenvalue weighted by Gasteiger charge is 2.28. The molecule has 1 aliphatic rings. The molecule has 2 rings (SSSR count). The van der Waals surface area contributed by atoms with E-state index in [0.717, 1.165) is 0 Å². The minimum atomic E-state index is -1.09.